The summed E-state index contributed by atoms with van der Waals surface area (Å²) in [5.74, 6) is 0.655. The van der Waals surface area contributed by atoms with E-state index in [-0.39, 0.29) is 22.7 Å². The molecule has 0 radical (unpaired) electrons. The highest BCUT2D eigenvalue weighted by molar-refractivity contribution is 8.01. The molecular weight excluding hydrogens is 332 g/mol. The predicted molar refractivity (Wildman–Crippen MR) is 101 cm³/mol. The van der Waals surface area contributed by atoms with E-state index in [4.69, 9.17) is 0 Å². The smallest absolute Gasteiger partial charge is 0.248 e. The van der Waals surface area contributed by atoms with Crippen LogP contribution in [0.2, 0.25) is 0 Å². The van der Waals surface area contributed by atoms with Crippen molar-refractivity contribution in [3.63, 3.8) is 0 Å². The zero-order chi connectivity index (χ0) is 17.4. The van der Waals surface area contributed by atoms with Gasteiger partial charge in [0.15, 0.2) is 0 Å². The maximum atomic E-state index is 12.7. The minimum atomic E-state index is -0.376. The predicted octanol–water partition coefficient (Wildman–Crippen LogP) is 3.75. The molecule has 128 valence electrons. The number of thioether (sulfide) groups is 1. The summed E-state index contributed by atoms with van der Waals surface area (Å²) in [5.41, 5.74) is 3.01. The van der Waals surface area contributed by atoms with Crippen LogP contribution in [-0.4, -0.2) is 33.4 Å². The number of hydrogen-bond donors (Lipinski definition) is 1. The molecule has 4 nitrogen and oxygen atoms in total. The van der Waals surface area contributed by atoms with Crippen LogP contribution in [0.4, 0.5) is 5.69 Å². The second-order valence-electron chi connectivity index (χ2n) is 6.70. The lowest BCUT2D eigenvalue weighted by Crippen LogP contribution is -2.48. The molecule has 2 saturated heterocycles. The summed E-state index contributed by atoms with van der Waals surface area (Å²) in [6.45, 7) is 2.06. The number of rotatable bonds is 3. The van der Waals surface area contributed by atoms with Crippen molar-refractivity contribution >= 4 is 29.3 Å². The number of amides is 2. The average Bonchev–Trinajstić information content (AvgIpc) is 3.13. The maximum absolute atomic E-state index is 12.7. The molecule has 2 aromatic carbocycles. The van der Waals surface area contributed by atoms with Crippen LogP contribution in [-0.2, 0) is 9.59 Å². The van der Waals surface area contributed by atoms with Crippen molar-refractivity contribution in [1.82, 2.24) is 4.90 Å². The number of hydrogen-bond acceptors (Lipinski definition) is 3. The van der Waals surface area contributed by atoms with Gasteiger partial charge < -0.3 is 10.2 Å². The van der Waals surface area contributed by atoms with Gasteiger partial charge in [-0.15, -0.1) is 11.8 Å². The van der Waals surface area contributed by atoms with Crippen molar-refractivity contribution in [3.8, 4) is 11.1 Å². The highest BCUT2D eigenvalue weighted by Gasteiger charge is 2.52. The number of nitrogens with one attached hydrogen (secondary N) is 1. The van der Waals surface area contributed by atoms with Crippen molar-refractivity contribution in [2.75, 3.05) is 11.1 Å². The molecule has 0 saturated carbocycles. The zero-order valence-corrected chi connectivity index (χ0v) is 14.9. The third-order valence-corrected chi connectivity index (χ3v) is 6.51. The normalized spacial score (nSPS) is 25.1. The second kappa shape index (κ2) is 6.23. The van der Waals surface area contributed by atoms with Crippen molar-refractivity contribution in [3.05, 3.63) is 54.6 Å². The van der Waals surface area contributed by atoms with E-state index < -0.39 is 0 Å². The molecule has 0 aromatic heterocycles. The molecule has 0 spiro atoms. The molecule has 2 unspecified atom stereocenters. The Balaban J connectivity index is 1.47. The highest BCUT2D eigenvalue weighted by Crippen LogP contribution is 2.47. The van der Waals surface area contributed by atoms with Gasteiger partial charge in [-0.05, 0) is 36.6 Å². The summed E-state index contributed by atoms with van der Waals surface area (Å²) in [5, 5.41) is 2.97. The number of carbonyl (C=O) groups excluding carboxylic acids is 2. The summed E-state index contributed by atoms with van der Waals surface area (Å²) in [6, 6.07) is 17.6. The van der Waals surface area contributed by atoms with Gasteiger partial charge in [0.05, 0.1) is 4.87 Å². The third-order valence-electron chi connectivity index (χ3n) is 5.01. The summed E-state index contributed by atoms with van der Waals surface area (Å²) >= 11 is 1.71. The van der Waals surface area contributed by atoms with Gasteiger partial charge in [0.2, 0.25) is 11.8 Å². The van der Waals surface area contributed by atoms with Crippen LogP contribution in [0.3, 0.4) is 0 Å². The van der Waals surface area contributed by atoms with Gasteiger partial charge in [-0.3, -0.25) is 9.59 Å². The molecule has 2 fully saturated rings. The lowest BCUT2D eigenvalue weighted by molar-refractivity contribution is -0.135. The molecule has 2 heterocycles. The fourth-order valence-corrected chi connectivity index (χ4v) is 5.05. The van der Waals surface area contributed by atoms with E-state index >= 15 is 0 Å². The quantitative estimate of drug-likeness (QED) is 0.915. The Labute approximate surface area is 151 Å². The van der Waals surface area contributed by atoms with Gasteiger partial charge in [0, 0.05) is 17.9 Å². The van der Waals surface area contributed by atoms with Crippen molar-refractivity contribution < 1.29 is 9.59 Å². The van der Waals surface area contributed by atoms with E-state index in [9.17, 15) is 9.59 Å². The summed E-state index contributed by atoms with van der Waals surface area (Å²) in [4.78, 5) is 26.4. The van der Waals surface area contributed by atoms with Gasteiger partial charge in [0.25, 0.3) is 0 Å². The van der Waals surface area contributed by atoms with E-state index in [1.54, 1.807) is 16.7 Å². The molecule has 2 aliphatic heterocycles. The van der Waals surface area contributed by atoms with Crippen LogP contribution >= 0.6 is 11.8 Å². The number of benzene rings is 2. The van der Waals surface area contributed by atoms with Crippen LogP contribution < -0.4 is 5.32 Å². The molecule has 2 aliphatic rings. The molecular formula is C20H20N2O2S. The lowest BCUT2D eigenvalue weighted by Gasteiger charge is -2.29. The van der Waals surface area contributed by atoms with Crippen LogP contribution in [0.5, 0.6) is 0 Å². The lowest BCUT2D eigenvalue weighted by atomic mass is 10.1. The SMILES string of the molecule is CC12CCC(=O)N1C(C(=O)Nc1ccc(-c3ccccc3)cc1)CS2. The molecule has 2 aromatic rings. The first-order valence-corrected chi connectivity index (χ1v) is 9.48. The van der Waals surface area contributed by atoms with Crippen LogP contribution in [0.15, 0.2) is 54.6 Å². The Kier molecular flexibility index (Phi) is 4.04. The molecule has 2 atom stereocenters. The number of nitrogens with zero attached hydrogens (tertiary/aromatic N) is 1. The number of carbonyl (C=O) groups is 2. The van der Waals surface area contributed by atoms with Crippen molar-refractivity contribution in [2.45, 2.75) is 30.7 Å². The van der Waals surface area contributed by atoms with Crippen LogP contribution in [0.25, 0.3) is 11.1 Å². The molecule has 0 aliphatic carbocycles. The number of fused-ring (bicyclic) bond motifs is 1. The molecule has 2 amide bonds. The zero-order valence-electron chi connectivity index (χ0n) is 14.1. The third kappa shape index (κ3) is 2.93. The monoisotopic (exact) mass is 352 g/mol. The average molecular weight is 352 g/mol. The molecule has 5 heteroatoms. The molecule has 0 bridgehead atoms. The van der Waals surface area contributed by atoms with Crippen LogP contribution in [0.1, 0.15) is 19.8 Å². The van der Waals surface area contributed by atoms with Gasteiger partial charge in [-0.2, -0.15) is 0 Å². The topological polar surface area (TPSA) is 49.4 Å². The minimum Gasteiger partial charge on any atom is -0.324 e. The first-order valence-electron chi connectivity index (χ1n) is 8.49. The standard InChI is InChI=1S/C20H20N2O2S/c1-20-12-11-18(23)22(20)17(13-25-20)19(24)21-16-9-7-15(8-10-16)14-5-3-2-4-6-14/h2-10,17H,11-13H2,1H3,(H,21,24). The molecule has 4 rings (SSSR count). The van der Waals surface area contributed by atoms with Gasteiger partial charge in [-0.1, -0.05) is 42.5 Å². The first-order chi connectivity index (χ1) is 12.1. The van der Waals surface area contributed by atoms with E-state index in [0.717, 1.165) is 23.2 Å². The summed E-state index contributed by atoms with van der Waals surface area (Å²) in [6.07, 6.45) is 1.37. The second-order valence-corrected chi connectivity index (χ2v) is 8.20. The Morgan fingerprint density at radius 3 is 2.52 bits per heavy atom. The molecule has 25 heavy (non-hydrogen) atoms. The van der Waals surface area contributed by atoms with Crippen molar-refractivity contribution in [1.29, 1.82) is 0 Å². The maximum Gasteiger partial charge on any atom is 0.248 e. The Hall–Kier alpha value is -2.27. The van der Waals surface area contributed by atoms with E-state index in [0.29, 0.717) is 12.2 Å². The van der Waals surface area contributed by atoms with Gasteiger partial charge >= 0.3 is 0 Å². The van der Waals surface area contributed by atoms with Gasteiger partial charge in [0.1, 0.15) is 6.04 Å². The first kappa shape index (κ1) is 16.2. The fraction of sp³-hybridized carbons (Fsp3) is 0.300. The summed E-state index contributed by atoms with van der Waals surface area (Å²) in [7, 11) is 0. The van der Waals surface area contributed by atoms with E-state index in [2.05, 4.69) is 24.4 Å². The minimum absolute atomic E-state index is 0.0899. The van der Waals surface area contributed by atoms with Gasteiger partial charge in [-0.25, -0.2) is 0 Å². The van der Waals surface area contributed by atoms with Crippen molar-refractivity contribution in [2.24, 2.45) is 0 Å². The molecule has 1 N–H and O–H groups in total. The highest BCUT2D eigenvalue weighted by atomic mass is 32.2. The van der Waals surface area contributed by atoms with E-state index in [1.807, 2.05) is 42.5 Å². The summed E-state index contributed by atoms with van der Waals surface area (Å²) < 4.78 is 0. The van der Waals surface area contributed by atoms with E-state index in [1.165, 1.54) is 0 Å². The Morgan fingerprint density at radius 1 is 1.12 bits per heavy atom. The Bertz CT molecular complexity index is 806. The Morgan fingerprint density at radius 2 is 1.80 bits per heavy atom. The van der Waals surface area contributed by atoms with Crippen LogP contribution in [0, 0.1) is 0 Å². The fourth-order valence-electron chi connectivity index (χ4n) is 3.62. The number of anilines is 1. The largest absolute Gasteiger partial charge is 0.324 e.